The largest absolute Gasteiger partial charge is 0.368 e. The minimum absolute atomic E-state index is 0.713. The highest BCUT2D eigenvalue weighted by molar-refractivity contribution is 7.17. The van der Waals surface area contributed by atoms with Crippen molar-refractivity contribution in [2.24, 2.45) is 0 Å². The molecule has 4 rings (SSSR count). The molecule has 0 atom stereocenters. The Morgan fingerprint density at radius 3 is 2.67 bits per heavy atom. The second kappa shape index (κ2) is 7.67. The lowest BCUT2D eigenvalue weighted by atomic mass is 10.0. The van der Waals surface area contributed by atoms with Crippen molar-refractivity contribution in [3.8, 4) is 11.1 Å². The van der Waals surface area contributed by atoms with Crippen LogP contribution in [-0.4, -0.2) is 33.0 Å². The topological polar surface area (TPSA) is 75.6 Å². The molecule has 0 aliphatic carbocycles. The lowest BCUT2D eigenvalue weighted by molar-refractivity contribution is 1.04. The molecule has 27 heavy (non-hydrogen) atoms. The summed E-state index contributed by atoms with van der Waals surface area (Å²) in [5, 5.41) is 9.90. The first-order valence-corrected chi connectivity index (χ1v) is 9.64. The summed E-state index contributed by atoms with van der Waals surface area (Å²) >= 11 is 1.64. The number of anilines is 2. The number of aromatic nitrogens is 4. The van der Waals surface area contributed by atoms with E-state index in [1.165, 1.54) is 22.3 Å². The van der Waals surface area contributed by atoms with E-state index in [-0.39, 0.29) is 0 Å². The zero-order chi connectivity index (χ0) is 18.6. The molecule has 0 aliphatic rings. The van der Waals surface area contributed by atoms with Crippen molar-refractivity contribution >= 4 is 33.2 Å². The molecule has 0 radical (unpaired) electrons. The Kier molecular flexibility index (Phi) is 4.93. The van der Waals surface area contributed by atoms with E-state index in [0.717, 1.165) is 21.9 Å². The van der Waals surface area contributed by atoms with Gasteiger partial charge in [0.25, 0.3) is 0 Å². The number of fused-ring (bicyclic) bond motifs is 1. The summed E-state index contributed by atoms with van der Waals surface area (Å²) in [5.41, 5.74) is 4.94. The van der Waals surface area contributed by atoms with Crippen LogP contribution in [0.3, 0.4) is 0 Å². The number of benzene rings is 1. The summed E-state index contributed by atoms with van der Waals surface area (Å²) in [6, 6.07) is 6.55. The predicted octanol–water partition coefficient (Wildman–Crippen LogP) is 4.29. The van der Waals surface area contributed by atoms with Crippen molar-refractivity contribution in [3.05, 3.63) is 59.6 Å². The van der Waals surface area contributed by atoms with Crippen LogP contribution in [0.25, 0.3) is 21.3 Å². The molecule has 0 saturated carbocycles. The molecule has 4 aromatic rings. The van der Waals surface area contributed by atoms with E-state index in [0.29, 0.717) is 13.1 Å². The van der Waals surface area contributed by atoms with Crippen molar-refractivity contribution in [3.63, 3.8) is 0 Å². The van der Waals surface area contributed by atoms with Gasteiger partial charge in [0.05, 0.1) is 11.6 Å². The van der Waals surface area contributed by atoms with E-state index in [1.807, 2.05) is 0 Å². The first-order valence-electron chi connectivity index (χ1n) is 8.76. The third kappa shape index (κ3) is 3.73. The van der Waals surface area contributed by atoms with Crippen LogP contribution in [0.2, 0.25) is 0 Å². The Morgan fingerprint density at radius 2 is 1.85 bits per heavy atom. The van der Waals surface area contributed by atoms with Gasteiger partial charge in [-0.3, -0.25) is 4.98 Å². The molecule has 0 unspecified atom stereocenters. The summed E-state index contributed by atoms with van der Waals surface area (Å²) in [7, 11) is 0. The van der Waals surface area contributed by atoms with Crippen LogP contribution >= 0.6 is 11.3 Å². The number of hydrogen-bond donors (Lipinski definition) is 2. The van der Waals surface area contributed by atoms with Crippen LogP contribution in [0, 0.1) is 13.8 Å². The SMILES string of the molecule is Cc1ccc(-c2csc3ncnc(NCCNc4cnccn4)c23)cc1C. The Bertz CT molecular complexity index is 1060. The minimum Gasteiger partial charge on any atom is -0.368 e. The zero-order valence-corrected chi connectivity index (χ0v) is 16.0. The lowest BCUT2D eigenvalue weighted by Crippen LogP contribution is -2.15. The summed E-state index contributed by atoms with van der Waals surface area (Å²) in [6.45, 7) is 5.70. The van der Waals surface area contributed by atoms with E-state index < -0.39 is 0 Å². The molecule has 7 heteroatoms. The molecule has 136 valence electrons. The van der Waals surface area contributed by atoms with Crippen molar-refractivity contribution in [2.45, 2.75) is 13.8 Å². The monoisotopic (exact) mass is 376 g/mol. The maximum Gasteiger partial charge on any atom is 0.144 e. The van der Waals surface area contributed by atoms with Crippen molar-refractivity contribution in [2.75, 3.05) is 23.7 Å². The van der Waals surface area contributed by atoms with Gasteiger partial charge in [0.2, 0.25) is 0 Å². The van der Waals surface area contributed by atoms with Crippen LogP contribution in [0.4, 0.5) is 11.6 Å². The maximum atomic E-state index is 4.48. The molecule has 0 bridgehead atoms. The average Bonchev–Trinajstić information content (AvgIpc) is 3.13. The van der Waals surface area contributed by atoms with E-state index in [9.17, 15) is 0 Å². The fourth-order valence-electron chi connectivity index (χ4n) is 2.89. The fourth-order valence-corrected chi connectivity index (χ4v) is 3.81. The molecular weight excluding hydrogens is 356 g/mol. The molecule has 0 fully saturated rings. The molecule has 0 saturated heterocycles. The lowest BCUT2D eigenvalue weighted by Gasteiger charge is -2.10. The normalized spacial score (nSPS) is 10.9. The van der Waals surface area contributed by atoms with Gasteiger partial charge in [-0.05, 0) is 30.5 Å². The number of nitrogens with zero attached hydrogens (tertiary/aromatic N) is 4. The van der Waals surface area contributed by atoms with Gasteiger partial charge in [0.15, 0.2) is 0 Å². The molecule has 2 N–H and O–H groups in total. The van der Waals surface area contributed by atoms with Crippen LogP contribution in [-0.2, 0) is 0 Å². The van der Waals surface area contributed by atoms with Gasteiger partial charge in [-0.25, -0.2) is 15.0 Å². The smallest absolute Gasteiger partial charge is 0.144 e. The van der Waals surface area contributed by atoms with Crippen molar-refractivity contribution < 1.29 is 0 Å². The van der Waals surface area contributed by atoms with Crippen LogP contribution in [0.1, 0.15) is 11.1 Å². The fraction of sp³-hybridized carbons (Fsp3) is 0.200. The average molecular weight is 376 g/mol. The molecule has 0 amide bonds. The molecule has 3 aromatic heterocycles. The molecule has 0 spiro atoms. The van der Waals surface area contributed by atoms with Gasteiger partial charge in [-0.15, -0.1) is 11.3 Å². The molecule has 6 nitrogen and oxygen atoms in total. The Hall–Kier alpha value is -3.06. The Labute approximate surface area is 161 Å². The maximum absolute atomic E-state index is 4.48. The number of thiophene rings is 1. The number of aryl methyl sites for hydroxylation is 2. The van der Waals surface area contributed by atoms with Gasteiger partial charge < -0.3 is 10.6 Å². The third-order valence-corrected chi connectivity index (χ3v) is 5.36. The molecule has 0 aliphatic heterocycles. The predicted molar refractivity (Wildman–Crippen MR) is 111 cm³/mol. The van der Waals surface area contributed by atoms with Crippen molar-refractivity contribution in [1.29, 1.82) is 0 Å². The summed E-state index contributed by atoms with van der Waals surface area (Å²) < 4.78 is 0. The summed E-state index contributed by atoms with van der Waals surface area (Å²) in [5.74, 6) is 1.62. The minimum atomic E-state index is 0.713. The highest BCUT2D eigenvalue weighted by Gasteiger charge is 2.13. The van der Waals surface area contributed by atoms with Crippen LogP contribution in [0.5, 0.6) is 0 Å². The second-order valence-electron chi connectivity index (χ2n) is 6.30. The Morgan fingerprint density at radius 1 is 0.963 bits per heavy atom. The second-order valence-corrected chi connectivity index (χ2v) is 7.15. The number of hydrogen-bond acceptors (Lipinski definition) is 7. The third-order valence-electron chi connectivity index (χ3n) is 4.47. The first-order chi connectivity index (χ1) is 13.2. The van der Waals surface area contributed by atoms with E-state index in [4.69, 9.17) is 0 Å². The van der Waals surface area contributed by atoms with E-state index >= 15 is 0 Å². The zero-order valence-electron chi connectivity index (χ0n) is 15.2. The quantitative estimate of drug-likeness (QED) is 0.489. The van der Waals surface area contributed by atoms with Gasteiger partial charge in [-0.2, -0.15) is 0 Å². The number of rotatable bonds is 6. The highest BCUT2D eigenvalue weighted by atomic mass is 32.1. The van der Waals surface area contributed by atoms with Gasteiger partial charge in [-0.1, -0.05) is 18.2 Å². The van der Waals surface area contributed by atoms with E-state index in [2.05, 4.69) is 68.0 Å². The number of nitrogens with one attached hydrogen (secondary N) is 2. The van der Waals surface area contributed by atoms with Gasteiger partial charge in [0.1, 0.15) is 22.8 Å². The van der Waals surface area contributed by atoms with Gasteiger partial charge >= 0.3 is 0 Å². The standard InChI is InChI=1S/C20H20N6S/c1-13-3-4-15(9-14(13)2)16-11-27-20-18(16)19(25-12-26-20)24-8-7-23-17-10-21-5-6-22-17/h3-6,9-12H,7-8H2,1-2H3,(H,22,23)(H,24,25,26). The molecular formula is C20H20N6S. The van der Waals surface area contributed by atoms with Crippen LogP contribution < -0.4 is 10.6 Å². The molecule has 3 heterocycles. The Balaban J connectivity index is 1.56. The highest BCUT2D eigenvalue weighted by Crippen LogP contribution is 2.36. The van der Waals surface area contributed by atoms with Crippen molar-refractivity contribution in [1.82, 2.24) is 19.9 Å². The van der Waals surface area contributed by atoms with Crippen LogP contribution in [0.15, 0.2) is 48.5 Å². The van der Waals surface area contributed by atoms with Gasteiger partial charge in [0, 0.05) is 36.4 Å². The van der Waals surface area contributed by atoms with E-state index in [1.54, 1.807) is 36.3 Å². The molecule has 1 aromatic carbocycles. The summed E-state index contributed by atoms with van der Waals surface area (Å²) in [6.07, 6.45) is 6.65. The summed E-state index contributed by atoms with van der Waals surface area (Å²) in [4.78, 5) is 18.2. The first kappa shape index (κ1) is 17.4.